The van der Waals surface area contributed by atoms with Gasteiger partial charge in [0.15, 0.2) is 6.61 Å². The first kappa shape index (κ1) is 19.9. The fraction of sp³-hybridized carbons (Fsp3) is 0.286. The van der Waals surface area contributed by atoms with Gasteiger partial charge in [-0.1, -0.05) is 68.1 Å². The predicted molar refractivity (Wildman–Crippen MR) is 108 cm³/mol. The smallest absolute Gasteiger partial charge is 0.277 e. The van der Waals surface area contributed by atoms with E-state index in [1.807, 2.05) is 54.6 Å². The van der Waals surface area contributed by atoms with Gasteiger partial charge in [0.05, 0.1) is 5.75 Å². The van der Waals surface area contributed by atoms with Crippen LogP contribution in [0.5, 0.6) is 5.75 Å². The van der Waals surface area contributed by atoms with E-state index in [-0.39, 0.29) is 18.3 Å². The van der Waals surface area contributed by atoms with Gasteiger partial charge in [-0.25, -0.2) is 0 Å². The standard InChI is InChI=1S/C21H23N3O3S/c1-15(2)17-8-10-18(11-9-17)26-13-20-23-24-21(27-20)28-14-19(25)22-12-16-6-4-3-5-7-16/h3-11,15H,12-14H2,1-2H3,(H,22,25). The van der Waals surface area contributed by atoms with Crippen molar-refractivity contribution >= 4 is 17.7 Å². The number of amides is 1. The van der Waals surface area contributed by atoms with Gasteiger partial charge in [-0.05, 0) is 29.2 Å². The number of aromatic nitrogens is 2. The zero-order chi connectivity index (χ0) is 19.8. The normalized spacial score (nSPS) is 10.8. The van der Waals surface area contributed by atoms with Gasteiger partial charge >= 0.3 is 0 Å². The third-order valence-corrected chi connectivity index (χ3v) is 4.84. The number of benzene rings is 2. The summed E-state index contributed by atoms with van der Waals surface area (Å²) < 4.78 is 11.2. The second-order valence-corrected chi connectivity index (χ2v) is 7.45. The van der Waals surface area contributed by atoms with Crippen LogP contribution in [0.1, 0.15) is 36.8 Å². The fourth-order valence-corrected chi connectivity index (χ4v) is 3.03. The Balaban J connectivity index is 1.40. The Hall–Kier alpha value is -2.80. The highest BCUT2D eigenvalue weighted by Gasteiger charge is 2.10. The monoisotopic (exact) mass is 397 g/mol. The van der Waals surface area contributed by atoms with Crippen LogP contribution in [-0.4, -0.2) is 21.9 Å². The molecule has 1 amide bonds. The number of nitrogens with zero attached hydrogens (tertiary/aromatic N) is 2. The van der Waals surface area contributed by atoms with Crippen molar-refractivity contribution in [3.8, 4) is 5.75 Å². The molecule has 0 spiro atoms. The highest BCUT2D eigenvalue weighted by atomic mass is 32.2. The molecule has 146 valence electrons. The Morgan fingerprint density at radius 2 is 1.86 bits per heavy atom. The molecule has 0 fully saturated rings. The maximum atomic E-state index is 11.9. The molecular weight excluding hydrogens is 374 g/mol. The molecule has 0 aliphatic rings. The van der Waals surface area contributed by atoms with Crippen LogP contribution in [-0.2, 0) is 17.9 Å². The van der Waals surface area contributed by atoms with E-state index in [1.54, 1.807) is 0 Å². The highest BCUT2D eigenvalue weighted by molar-refractivity contribution is 7.99. The van der Waals surface area contributed by atoms with E-state index in [9.17, 15) is 4.79 Å². The van der Waals surface area contributed by atoms with Crippen LogP contribution >= 0.6 is 11.8 Å². The van der Waals surface area contributed by atoms with Crippen molar-refractivity contribution in [2.45, 2.75) is 38.1 Å². The SMILES string of the molecule is CC(C)c1ccc(OCc2nnc(SCC(=O)NCc3ccccc3)o2)cc1. The van der Waals surface area contributed by atoms with E-state index in [2.05, 4.69) is 29.4 Å². The maximum Gasteiger partial charge on any atom is 0.277 e. The van der Waals surface area contributed by atoms with Crippen molar-refractivity contribution < 1.29 is 13.9 Å². The summed E-state index contributed by atoms with van der Waals surface area (Å²) in [6.45, 7) is 4.98. The molecule has 0 radical (unpaired) electrons. The van der Waals surface area contributed by atoms with Crippen molar-refractivity contribution in [2.24, 2.45) is 0 Å². The van der Waals surface area contributed by atoms with E-state index >= 15 is 0 Å². The fourth-order valence-electron chi connectivity index (χ4n) is 2.42. The van der Waals surface area contributed by atoms with Gasteiger partial charge in [0, 0.05) is 6.54 Å². The lowest BCUT2D eigenvalue weighted by Gasteiger charge is -2.07. The molecule has 28 heavy (non-hydrogen) atoms. The van der Waals surface area contributed by atoms with Crippen LogP contribution in [0.2, 0.25) is 0 Å². The third kappa shape index (κ3) is 6.13. The van der Waals surface area contributed by atoms with Crippen LogP contribution in [0, 0.1) is 0 Å². The Labute approximate surface area is 168 Å². The molecule has 7 heteroatoms. The molecule has 6 nitrogen and oxygen atoms in total. The zero-order valence-corrected chi connectivity index (χ0v) is 16.7. The van der Waals surface area contributed by atoms with Gasteiger partial charge in [-0.2, -0.15) is 0 Å². The third-order valence-electron chi connectivity index (χ3n) is 4.02. The molecule has 0 aliphatic carbocycles. The highest BCUT2D eigenvalue weighted by Crippen LogP contribution is 2.20. The summed E-state index contributed by atoms with van der Waals surface area (Å²) in [4.78, 5) is 11.9. The van der Waals surface area contributed by atoms with Crippen molar-refractivity contribution in [1.82, 2.24) is 15.5 Å². The summed E-state index contributed by atoms with van der Waals surface area (Å²) in [5.74, 6) is 1.73. The number of nitrogens with one attached hydrogen (secondary N) is 1. The molecule has 0 aliphatic heterocycles. The minimum absolute atomic E-state index is 0.0879. The summed E-state index contributed by atoms with van der Waals surface area (Å²) in [5, 5.41) is 11.1. The van der Waals surface area contributed by atoms with Crippen molar-refractivity contribution in [3.05, 3.63) is 71.6 Å². The van der Waals surface area contributed by atoms with Crippen LogP contribution in [0.3, 0.4) is 0 Å². The van der Waals surface area contributed by atoms with Gasteiger partial charge in [0.2, 0.25) is 5.91 Å². The lowest BCUT2D eigenvalue weighted by atomic mass is 10.0. The van der Waals surface area contributed by atoms with Gasteiger partial charge < -0.3 is 14.5 Å². The van der Waals surface area contributed by atoms with E-state index in [4.69, 9.17) is 9.15 Å². The summed E-state index contributed by atoms with van der Waals surface area (Å²) >= 11 is 1.20. The summed E-state index contributed by atoms with van der Waals surface area (Å²) in [6.07, 6.45) is 0. The first-order chi connectivity index (χ1) is 13.6. The van der Waals surface area contributed by atoms with Gasteiger partial charge in [-0.3, -0.25) is 4.79 Å². The number of rotatable bonds is 9. The maximum absolute atomic E-state index is 11.9. The van der Waals surface area contributed by atoms with Crippen LogP contribution in [0.15, 0.2) is 64.2 Å². The first-order valence-electron chi connectivity index (χ1n) is 9.08. The lowest BCUT2D eigenvalue weighted by Crippen LogP contribution is -2.24. The summed E-state index contributed by atoms with van der Waals surface area (Å²) in [5.41, 5.74) is 2.31. The van der Waals surface area contributed by atoms with Gasteiger partial charge in [0.25, 0.3) is 11.1 Å². The number of carbonyl (C=O) groups excluding carboxylic acids is 1. The molecule has 1 aromatic heterocycles. The van der Waals surface area contributed by atoms with Crippen LogP contribution in [0.4, 0.5) is 0 Å². The van der Waals surface area contributed by atoms with Gasteiger partial charge in [0.1, 0.15) is 5.75 Å². The quantitative estimate of drug-likeness (QED) is 0.546. The molecule has 1 heterocycles. The number of hydrogen-bond acceptors (Lipinski definition) is 6. The summed E-state index contributed by atoms with van der Waals surface area (Å²) in [6, 6.07) is 17.7. The predicted octanol–water partition coefficient (Wildman–Crippen LogP) is 4.18. The zero-order valence-electron chi connectivity index (χ0n) is 15.9. The van der Waals surface area contributed by atoms with E-state index in [0.29, 0.717) is 23.6 Å². The molecular formula is C21H23N3O3S. The van der Waals surface area contributed by atoms with E-state index in [1.165, 1.54) is 17.3 Å². The molecule has 3 aromatic rings. The Morgan fingerprint density at radius 1 is 1.11 bits per heavy atom. The molecule has 0 saturated carbocycles. The van der Waals surface area contributed by atoms with E-state index < -0.39 is 0 Å². The average Bonchev–Trinajstić information content (AvgIpc) is 3.18. The van der Waals surface area contributed by atoms with Crippen LogP contribution < -0.4 is 10.1 Å². The molecule has 2 aromatic carbocycles. The van der Waals surface area contributed by atoms with Crippen molar-refractivity contribution in [2.75, 3.05) is 5.75 Å². The number of thioether (sulfide) groups is 1. The summed E-state index contributed by atoms with van der Waals surface area (Å²) in [7, 11) is 0. The number of ether oxygens (including phenoxy) is 1. The van der Waals surface area contributed by atoms with E-state index in [0.717, 1.165) is 11.3 Å². The molecule has 0 atom stereocenters. The van der Waals surface area contributed by atoms with Gasteiger partial charge in [-0.15, -0.1) is 10.2 Å². The average molecular weight is 398 g/mol. The molecule has 0 unspecified atom stereocenters. The van der Waals surface area contributed by atoms with Crippen molar-refractivity contribution in [1.29, 1.82) is 0 Å². The second-order valence-electron chi connectivity index (χ2n) is 6.53. The molecule has 1 N–H and O–H groups in total. The second kappa shape index (κ2) is 9.94. The molecule has 0 saturated heterocycles. The minimum atomic E-state index is -0.0879. The molecule has 3 rings (SSSR count). The molecule has 0 bridgehead atoms. The first-order valence-corrected chi connectivity index (χ1v) is 10.1. The Kier molecular flexibility index (Phi) is 7.08. The topological polar surface area (TPSA) is 77.2 Å². The Bertz CT molecular complexity index is 879. The lowest BCUT2D eigenvalue weighted by molar-refractivity contribution is -0.118. The number of hydrogen-bond donors (Lipinski definition) is 1. The van der Waals surface area contributed by atoms with Crippen molar-refractivity contribution in [3.63, 3.8) is 0 Å². The minimum Gasteiger partial charge on any atom is -0.484 e. The largest absolute Gasteiger partial charge is 0.484 e. The number of carbonyl (C=O) groups is 1. The Morgan fingerprint density at radius 3 is 2.57 bits per heavy atom. The van der Waals surface area contributed by atoms with Crippen LogP contribution in [0.25, 0.3) is 0 Å².